The number of nitrogens with zero attached hydrogens (tertiary/aromatic N) is 2. The van der Waals surface area contributed by atoms with Gasteiger partial charge in [0.2, 0.25) is 5.95 Å². The second-order valence-electron chi connectivity index (χ2n) is 6.33. The van der Waals surface area contributed by atoms with Crippen LogP contribution in [0.3, 0.4) is 0 Å². The van der Waals surface area contributed by atoms with Gasteiger partial charge in [-0.2, -0.15) is 4.98 Å². The monoisotopic (exact) mass is 348 g/mol. The van der Waals surface area contributed by atoms with Crippen LogP contribution in [0.1, 0.15) is 22.4 Å². The van der Waals surface area contributed by atoms with Crippen LogP contribution in [-0.2, 0) is 6.54 Å². The van der Waals surface area contributed by atoms with Crippen molar-refractivity contribution >= 4 is 17.5 Å². The van der Waals surface area contributed by atoms with Crippen molar-refractivity contribution in [3.63, 3.8) is 0 Å². The molecule has 0 unspecified atom stereocenters. The van der Waals surface area contributed by atoms with Crippen LogP contribution < -0.4 is 15.4 Å². The largest absolute Gasteiger partial charge is 0.495 e. The van der Waals surface area contributed by atoms with Crippen molar-refractivity contribution in [2.24, 2.45) is 0 Å². The van der Waals surface area contributed by atoms with Crippen LogP contribution in [-0.4, -0.2) is 17.1 Å². The van der Waals surface area contributed by atoms with E-state index in [2.05, 4.69) is 39.7 Å². The van der Waals surface area contributed by atoms with E-state index in [0.717, 1.165) is 35.1 Å². The highest BCUT2D eigenvalue weighted by molar-refractivity contribution is 5.64. The van der Waals surface area contributed by atoms with Crippen LogP contribution in [0.15, 0.2) is 48.5 Å². The van der Waals surface area contributed by atoms with Gasteiger partial charge in [-0.1, -0.05) is 30.3 Å². The molecule has 0 saturated carbocycles. The van der Waals surface area contributed by atoms with Crippen LogP contribution in [0, 0.1) is 20.8 Å². The fourth-order valence-corrected chi connectivity index (χ4v) is 2.75. The molecule has 2 aromatic carbocycles. The number of rotatable bonds is 6. The maximum absolute atomic E-state index is 5.42. The number of benzene rings is 2. The normalized spacial score (nSPS) is 10.5. The van der Waals surface area contributed by atoms with Crippen molar-refractivity contribution in [2.45, 2.75) is 27.3 Å². The Balaban J connectivity index is 1.80. The Hall–Kier alpha value is -3.08. The predicted octanol–water partition coefficient (Wildman–Crippen LogP) is 4.77. The summed E-state index contributed by atoms with van der Waals surface area (Å²) in [6.45, 7) is 6.83. The molecule has 1 aromatic heterocycles. The second kappa shape index (κ2) is 7.87. The second-order valence-corrected chi connectivity index (χ2v) is 6.33. The van der Waals surface area contributed by atoms with Crippen LogP contribution in [0.4, 0.5) is 17.5 Å². The molecule has 5 heteroatoms. The molecule has 2 N–H and O–H groups in total. The first-order valence-electron chi connectivity index (χ1n) is 8.61. The number of methoxy groups -OCH3 is 1. The third-order valence-corrected chi connectivity index (χ3v) is 4.18. The molecule has 0 amide bonds. The summed E-state index contributed by atoms with van der Waals surface area (Å²) in [5, 5.41) is 6.65. The van der Waals surface area contributed by atoms with E-state index < -0.39 is 0 Å². The third kappa shape index (κ3) is 4.30. The lowest BCUT2D eigenvalue weighted by atomic mass is 10.1. The average Bonchev–Trinajstić information content (AvgIpc) is 2.61. The summed E-state index contributed by atoms with van der Waals surface area (Å²) in [5.74, 6) is 2.09. The summed E-state index contributed by atoms with van der Waals surface area (Å²) in [5.41, 5.74) is 5.38. The van der Waals surface area contributed by atoms with E-state index in [1.54, 1.807) is 7.11 Å². The zero-order valence-corrected chi connectivity index (χ0v) is 15.6. The van der Waals surface area contributed by atoms with Crippen molar-refractivity contribution in [1.29, 1.82) is 0 Å². The molecule has 0 fully saturated rings. The molecule has 5 nitrogen and oxygen atoms in total. The van der Waals surface area contributed by atoms with Gasteiger partial charge in [-0.15, -0.1) is 0 Å². The van der Waals surface area contributed by atoms with Gasteiger partial charge in [-0.25, -0.2) is 4.98 Å². The molecule has 3 aromatic rings. The minimum Gasteiger partial charge on any atom is -0.495 e. The number of hydrogen-bond acceptors (Lipinski definition) is 5. The summed E-state index contributed by atoms with van der Waals surface area (Å²) in [6.07, 6.45) is 0. The van der Waals surface area contributed by atoms with Gasteiger partial charge in [0, 0.05) is 18.3 Å². The summed E-state index contributed by atoms with van der Waals surface area (Å²) >= 11 is 0. The van der Waals surface area contributed by atoms with Gasteiger partial charge in [0.15, 0.2) is 0 Å². The van der Waals surface area contributed by atoms with Crippen molar-refractivity contribution < 1.29 is 4.74 Å². The molecule has 134 valence electrons. The van der Waals surface area contributed by atoms with Crippen molar-refractivity contribution in [1.82, 2.24) is 9.97 Å². The minimum atomic E-state index is 0.543. The third-order valence-electron chi connectivity index (χ3n) is 4.18. The van der Waals surface area contributed by atoms with Gasteiger partial charge in [0.25, 0.3) is 0 Å². The van der Waals surface area contributed by atoms with Gasteiger partial charge < -0.3 is 15.4 Å². The fraction of sp³-hybridized carbons (Fsp3) is 0.238. The first-order valence-corrected chi connectivity index (χ1v) is 8.61. The maximum Gasteiger partial charge on any atom is 0.229 e. The molecule has 0 radical (unpaired) electrons. The Morgan fingerprint density at radius 3 is 2.54 bits per heavy atom. The first-order chi connectivity index (χ1) is 12.5. The first kappa shape index (κ1) is 17.7. The zero-order valence-electron chi connectivity index (χ0n) is 15.6. The van der Waals surface area contributed by atoms with Crippen LogP contribution in [0.25, 0.3) is 0 Å². The SMILES string of the molecule is COc1ccc(C)cc1Nc1nc(C)cc(NCc2ccccc2C)n1. The van der Waals surface area contributed by atoms with Gasteiger partial charge in [-0.05, 0) is 49.6 Å². The Morgan fingerprint density at radius 2 is 1.77 bits per heavy atom. The number of hydrogen-bond donors (Lipinski definition) is 2. The highest BCUT2D eigenvalue weighted by atomic mass is 16.5. The van der Waals surface area contributed by atoms with Crippen molar-refractivity contribution in [3.05, 3.63) is 70.9 Å². The topological polar surface area (TPSA) is 59.1 Å². The molecule has 0 bridgehead atoms. The quantitative estimate of drug-likeness (QED) is 0.672. The van der Waals surface area contributed by atoms with E-state index in [9.17, 15) is 0 Å². The lowest BCUT2D eigenvalue weighted by Gasteiger charge is -2.13. The Labute approximate surface area is 154 Å². The van der Waals surface area contributed by atoms with E-state index in [-0.39, 0.29) is 0 Å². The molecule has 0 atom stereocenters. The summed E-state index contributed by atoms with van der Waals surface area (Å²) < 4.78 is 5.42. The number of aryl methyl sites for hydroxylation is 3. The number of ether oxygens (including phenoxy) is 1. The molecule has 0 aliphatic rings. The van der Waals surface area contributed by atoms with E-state index in [1.165, 1.54) is 11.1 Å². The van der Waals surface area contributed by atoms with Gasteiger partial charge in [0.1, 0.15) is 11.6 Å². The molecule has 0 spiro atoms. The van der Waals surface area contributed by atoms with E-state index in [4.69, 9.17) is 4.74 Å². The van der Waals surface area contributed by atoms with Gasteiger partial charge in [-0.3, -0.25) is 0 Å². The number of nitrogens with one attached hydrogen (secondary N) is 2. The van der Waals surface area contributed by atoms with Crippen LogP contribution in [0.5, 0.6) is 5.75 Å². The van der Waals surface area contributed by atoms with Crippen LogP contribution in [0.2, 0.25) is 0 Å². The van der Waals surface area contributed by atoms with Crippen LogP contribution >= 0.6 is 0 Å². The summed E-state index contributed by atoms with van der Waals surface area (Å²) in [7, 11) is 1.65. The summed E-state index contributed by atoms with van der Waals surface area (Å²) in [4.78, 5) is 9.08. The highest BCUT2D eigenvalue weighted by Crippen LogP contribution is 2.28. The Morgan fingerprint density at radius 1 is 0.962 bits per heavy atom. The lowest BCUT2D eigenvalue weighted by molar-refractivity contribution is 0.416. The molecular weight excluding hydrogens is 324 g/mol. The number of aromatic nitrogens is 2. The highest BCUT2D eigenvalue weighted by Gasteiger charge is 2.08. The van der Waals surface area contributed by atoms with E-state index in [1.807, 2.05) is 50.2 Å². The predicted molar refractivity (Wildman–Crippen MR) is 106 cm³/mol. The maximum atomic E-state index is 5.42. The molecule has 3 rings (SSSR count). The lowest BCUT2D eigenvalue weighted by Crippen LogP contribution is -2.07. The zero-order chi connectivity index (χ0) is 18.5. The molecule has 26 heavy (non-hydrogen) atoms. The Bertz CT molecular complexity index is 908. The molecular formula is C21H24N4O. The van der Waals surface area contributed by atoms with E-state index in [0.29, 0.717) is 5.95 Å². The minimum absolute atomic E-state index is 0.543. The fourth-order valence-electron chi connectivity index (χ4n) is 2.75. The molecule has 0 aliphatic heterocycles. The van der Waals surface area contributed by atoms with Gasteiger partial charge in [0.05, 0.1) is 12.8 Å². The molecule has 0 aliphatic carbocycles. The average molecular weight is 348 g/mol. The van der Waals surface area contributed by atoms with E-state index >= 15 is 0 Å². The molecule has 0 saturated heterocycles. The molecule has 1 heterocycles. The Kier molecular flexibility index (Phi) is 5.37. The van der Waals surface area contributed by atoms with Gasteiger partial charge >= 0.3 is 0 Å². The van der Waals surface area contributed by atoms with Crippen molar-refractivity contribution in [2.75, 3.05) is 17.7 Å². The summed E-state index contributed by atoms with van der Waals surface area (Å²) in [6, 6.07) is 16.2. The smallest absolute Gasteiger partial charge is 0.229 e. The standard InChI is InChI=1S/C21H24N4O/c1-14-9-10-19(26-4)18(11-14)24-21-23-16(3)12-20(25-21)22-13-17-8-6-5-7-15(17)2/h5-12H,13H2,1-4H3,(H2,22,23,24,25). The van der Waals surface area contributed by atoms with Crippen molar-refractivity contribution in [3.8, 4) is 5.75 Å². The number of anilines is 3.